The van der Waals surface area contributed by atoms with Gasteiger partial charge in [-0.1, -0.05) is 48.3 Å². The molecule has 1 saturated heterocycles. The van der Waals surface area contributed by atoms with Gasteiger partial charge in [0.1, 0.15) is 30.0 Å². The maximum absolute atomic E-state index is 14.7. The van der Waals surface area contributed by atoms with E-state index >= 15 is 0 Å². The van der Waals surface area contributed by atoms with Crippen LogP contribution in [0.4, 0.5) is 9.18 Å². The Labute approximate surface area is 346 Å². The number of methoxy groups -OCH3 is 1. The van der Waals surface area contributed by atoms with Crippen molar-refractivity contribution in [1.82, 2.24) is 4.90 Å². The first-order chi connectivity index (χ1) is 28.9. The number of hydrogen-bond donors (Lipinski definition) is 3. The fraction of sp³-hybridized carbons (Fsp3) is 0.600. The summed E-state index contributed by atoms with van der Waals surface area (Å²) in [5, 5.41) is 34.1. The van der Waals surface area contributed by atoms with Gasteiger partial charge in [0.2, 0.25) is 12.1 Å². The molecular weight excluding hydrogens is 763 g/mol. The lowest BCUT2D eigenvalue weighted by atomic mass is 9.55. The van der Waals surface area contributed by atoms with E-state index in [0.717, 1.165) is 49.7 Å². The zero-order chi connectivity index (χ0) is 41.6. The summed E-state index contributed by atoms with van der Waals surface area (Å²) in [6.07, 6.45) is 9.90. The van der Waals surface area contributed by atoms with Crippen LogP contribution in [0.2, 0.25) is 0 Å². The van der Waals surface area contributed by atoms with Gasteiger partial charge in [-0.2, -0.15) is 0 Å². The number of unbranched alkanes of at least 4 members (excludes halogenated alkanes) is 2. The number of carbonyl (C=O) groups excluding carboxylic acids is 1. The summed E-state index contributed by atoms with van der Waals surface area (Å²) in [4.78, 5) is 21.7. The average Bonchev–Trinajstić information content (AvgIpc) is 3.26. The third kappa shape index (κ3) is 10.5. The smallest absolute Gasteiger partial charge is 0.410 e. The Morgan fingerprint density at radius 1 is 1.05 bits per heavy atom. The minimum Gasteiger partial charge on any atom is -0.489 e. The maximum atomic E-state index is 14.7. The van der Waals surface area contributed by atoms with Gasteiger partial charge in [0.25, 0.3) is 0 Å². The lowest BCUT2D eigenvalue weighted by Crippen LogP contribution is -2.70. The molecule has 59 heavy (non-hydrogen) atoms. The lowest BCUT2D eigenvalue weighted by Gasteiger charge is -2.59. The molecule has 2 heterocycles. The van der Waals surface area contributed by atoms with E-state index in [1.54, 1.807) is 35.2 Å². The van der Waals surface area contributed by atoms with Crippen LogP contribution in [0.1, 0.15) is 81.3 Å². The van der Waals surface area contributed by atoms with E-state index < -0.39 is 30.1 Å². The van der Waals surface area contributed by atoms with Gasteiger partial charge in [0, 0.05) is 49.6 Å². The highest BCUT2D eigenvalue weighted by atomic mass is 19.1. The SMILES string of the molecule is C=CCO[C@@]12Oc3ccc(OCc4ccccc4F)cc3[C@H]3[C@H](CCCCO)[C@@H](CCCCO)C=C(C(=NOC4CCCCO4)C[C@@H]1N(CCOCCO)C(=O)OC)[C@H]32. The molecule has 3 N–H and O–H groups in total. The summed E-state index contributed by atoms with van der Waals surface area (Å²) in [6.45, 7) is 4.92. The van der Waals surface area contributed by atoms with Crippen molar-refractivity contribution in [2.24, 2.45) is 22.9 Å². The predicted molar refractivity (Wildman–Crippen MR) is 217 cm³/mol. The van der Waals surface area contributed by atoms with Crippen molar-refractivity contribution in [2.45, 2.75) is 94.9 Å². The third-order valence-electron chi connectivity index (χ3n) is 11.9. The number of halogens is 1. The van der Waals surface area contributed by atoms with Crippen LogP contribution in [-0.4, -0.2) is 110 Å². The van der Waals surface area contributed by atoms with Gasteiger partial charge < -0.3 is 48.6 Å². The van der Waals surface area contributed by atoms with Crippen LogP contribution < -0.4 is 9.47 Å². The van der Waals surface area contributed by atoms with Crippen LogP contribution in [0.5, 0.6) is 11.5 Å². The van der Waals surface area contributed by atoms with Crippen molar-refractivity contribution >= 4 is 11.8 Å². The zero-order valence-electron chi connectivity index (χ0n) is 34.2. The van der Waals surface area contributed by atoms with E-state index in [9.17, 15) is 24.5 Å². The Morgan fingerprint density at radius 2 is 1.86 bits per heavy atom. The summed E-state index contributed by atoms with van der Waals surface area (Å²) in [6, 6.07) is 11.3. The number of carbonyl (C=O) groups is 1. The topological polar surface area (TPSA) is 158 Å². The molecule has 2 aromatic carbocycles. The normalized spacial score (nSPS) is 26.5. The molecule has 0 bridgehead atoms. The van der Waals surface area contributed by atoms with Gasteiger partial charge in [-0.05, 0) is 80.2 Å². The van der Waals surface area contributed by atoms with E-state index in [-0.39, 0.29) is 82.8 Å². The molecule has 1 amide bonds. The fourth-order valence-electron chi connectivity index (χ4n) is 9.25. The predicted octanol–water partition coefficient (Wildman–Crippen LogP) is 6.64. The van der Waals surface area contributed by atoms with Gasteiger partial charge in [0.15, 0.2) is 0 Å². The van der Waals surface area contributed by atoms with Gasteiger partial charge in [-0.25, -0.2) is 9.18 Å². The van der Waals surface area contributed by atoms with Gasteiger partial charge in [-0.15, -0.1) is 6.58 Å². The molecule has 7 atom stereocenters. The molecule has 6 rings (SSSR count). The van der Waals surface area contributed by atoms with E-state index in [1.165, 1.54) is 13.2 Å². The van der Waals surface area contributed by atoms with Gasteiger partial charge >= 0.3 is 6.09 Å². The van der Waals surface area contributed by atoms with E-state index in [1.807, 2.05) is 12.1 Å². The number of benzene rings is 2. The van der Waals surface area contributed by atoms with Crippen LogP contribution in [0.15, 0.2) is 71.9 Å². The Balaban J connectivity index is 1.55. The number of allylic oxidation sites excluding steroid dienone is 1. The largest absolute Gasteiger partial charge is 0.489 e. The molecule has 0 aromatic heterocycles. The first-order valence-corrected chi connectivity index (χ1v) is 21.1. The van der Waals surface area contributed by atoms with Gasteiger partial charge in [0.05, 0.1) is 51.8 Å². The number of aliphatic hydroxyl groups is 3. The van der Waals surface area contributed by atoms with E-state index in [2.05, 4.69) is 12.7 Å². The minimum absolute atomic E-state index is 0.00720. The molecule has 0 radical (unpaired) electrons. The first-order valence-electron chi connectivity index (χ1n) is 21.1. The molecule has 13 nitrogen and oxygen atoms in total. The molecule has 2 aromatic rings. The second-order valence-electron chi connectivity index (χ2n) is 15.6. The van der Waals surface area contributed by atoms with Crippen LogP contribution >= 0.6 is 0 Å². The van der Waals surface area contributed by atoms with Crippen molar-refractivity contribution < 1.29 is 57.8 Å². The highest BCUT2D eigenvalue weighted by Gasteiger charge is 2.65. The molecule has 14 heteroatoms. The third-order valence-corrected chi connectivity index (χ3v) is 11.9. The Bertz CT molecular complexity index is 1730. The van der Waals surface area contributed by atoms with Crippen molar-refractivity contribution in [3.05, 3.63) is 83.7 Å². The number of aliphatic hydroxyl groups excluding tert-OH is 3. The molecule has 2 fully saturated rings. The van der Waals surface area contributed by atoms with Crippen molar-refractivity contribution in [3.8, 4) is 11.5 Å². The number of rotatable bonds is 22. The molecule has 4 aliphatic rings. The van der Waals surface area contributed by atoms with Crippen LogP contribution in [0.3, 0.4) is 0 Å². The van der Waals surface area contributed by atoms with Gasteiger partial charge in [-0.3, -0.25) is 4.90 Å². The second kappa shape index (κ2) is 22.0. The lowest BCUT2D eigenvalue weighted by molar-refractivity contribution is -0.256. The number of fused-ring (bicyclic) bond motifs is 2. The fourth-order valence-corrected chi connectivity index (χ4v) is 9.25. The Kier molecular flexibility index (Phi) is 16.6. The van der Waals surface area contributed by atoms with Crippen LogP contribution in [0.25, 0.3) is 0 Å². The number of hydrogen-bond acceptors (Lipinski definition) is 12. The number of amides is 1. The van der Waals surface area contributed by atoms with Crippen molar-refractivity contribution in [3.63, 3.8) is 0 Å². The first kappa shape index (κ1) is 44.5. The van der Waals surface area contributed by atoms with Crippen LogP contribution in [-0.2, 0) is 30.4 Å². The summed E-state index contributed by atoms with van der Waals surface area (Å²) < 4.78 is 52.2. The maximum Gasteiger partial charge on any atom is 0.410 e. The molecule has 324 valence electrons. The highest BCUT2D eigenvalue weighted by molar-refractivity contribution is 6.03. The quantitative estimate of drug-likeness (QED) is 0.0664. The van der Waals surface area contributed by atoms with E-state index in [0.29, 0.717) is 48.6 Å². The van der Waals surface area contributed by atoms with Crippen molar-refractivity contribution in [2.75, 3.05) is 59.9 Å². The summed E-state index contributed by atoms with van der Waals surface area (Å²) in [7, 11) is 1.32. The number of nitrogens with zero attached hydrogens (tertiary/aromatic N) is 2. The number of oxime groups is 1. The summed E-state index contributed by atoms with van der Waals surface area (Å²) in [5.74, 6) is -1.59. The standard InChI is InChI=1S/C45H61FN2O11/c1-3-23-57-45-40(48(44(52)53-2)19-25-54-26-22-51)29-38(47-59-41-16-8-11-24-55-41)35-27-31(12-6-9-20-49)34(14-7-10-21-50)42(43(35)45)36-28-33(17-18-39(36)58-45)56-30-32-13-4-5-15-37(32)46/h3-5,13,15,17-18,27-28,31,34,40-43,49-51H,1,6-12,14,16,19-26,29-30H2,2H3/t31-,34+,40-,41?,42+,43+,45+/m0/s1. The zero-order valence-corrected chi connectivity index (χ0v) is 34.2. The monoisotopic (exact) mass is 824 g/mol. The number of ether oxygens (including phenoxy) is 6. The molecule has 1 unspecified atom stereocenters. The average molecular weight is 825 g/mol. The minimum atomic E-state index is -1.50. The van der Waals surface area contributed by atoms with E-state index in [4.69, 9.17) is 38.4 Å². The molecular formula is C45H61FN2O11. The Hall–Kier alpha value is -4.05. The summed E-state index contributed by atoms with van der Waals surface area (Å²) in [5.41, 5.74) is 2.80. The Morgan fingerprint density at radius 3 is 2.59 bits per heavy atom. The molecule has 1 saturated carbocycles. The molecule has 0 spiro atoms. The molecule has 2 aliphatic carbocycles. The highest BCUT2D eigenvalue weighted by Crippen LogP contribution is 2.62. The second-order valence-corrected chi connectivity index (χ2v) is 15.6. The van der Waals surface area contributed by atoms with Crippen LogP contribution in [0, 0.1) is 23.6 Å². The summed E-state index contributed by atoms with van der Waals surface area (Å²) >= 11 is 0. The molecule has 2 aliphatic heterocycles. The van der Waals surface area contributed by atoms with Crippen molar-refractivity contribution in [1.29, 1.82) is 0 Å².